The van der Waals surface area contributed by atoms with Crippen LogP contribution in [0.15, 0.2) is 53.6 Å². The van der Waals surface area contributed by atoms with Crippen molar-refractivity contribution in [2.45, 2.75) is 26.3 Å². The zero-order chi connectivity index (χ0) is 18.7. The van der Waals surface area contributed by atoms with Crippen molar-refractivity contribution in [2.24, 2.45) is 0 Å². The standard InChI is InChI=1S/C19H17N3O4/c1-2-3-13-4-6-14(7-5-13)18(23)11-21-12-20-17-9-8-15(22(25)26)10-16(17)19(21)24/h4-10,12H,2-3,11H2,1H3. The Morgan fingerprint density at radius 2 is 1.92 bits per heavy atom. The molecule has 0 amide bonds. The number of nitrogens with zero attached hydrogens (tertiary/aromatic N) is 3. The Labute approximate surface area is 149 Å². The van der Waals surface area contributed by atoms with E-state index >= 15 is 0 Å². The number of carbonyl (C=O) groups excluding carboxylic acids is 1. The zero-order valence-corrected chi connectivity index (χ0v) is 14.2. The molecule has 0 radical (unpaired) electrons. The summed E-state index contributed by atoms with van der Waals surface area (Å²) < 4.78 is 1.17. The lowest BCUT2D eigenvalue weighted by Gasteiger charge is -2.07. The van der Waals surface area contributed by atoms with Crippen LogP contribution in [0.1, 0.15) is 29.3 Å². The third-order valence-corrected chi connectivity index (χ3v) is 4.15. The zero-order valence-electron chi connectivity index (χ0n) is 14.2. The summed E-state index contributed by atoms with van der Waals surface area (Å²) in [4.78, 5) is 39.5. The summed E-state index contributed by atoms with van der Waals surface area (Å²) in [5.41, 5.74) is 1.35. The van der Waals surface area contributed by atoms with E-state index in [1.54, 1.807) is 12.1 Å². The number of nitro benzene ring substituents is 1. The van der Waals surface area contributed by atoms with E-state index in [4.69, 9.17) is 0 Å². The van der Waals surface area contributed by atoms with Gasteiger partial charge in [-0.25, -0.2) is 4.98 Å². The van der Waals surface area contributed by atoms with Crippen molar-refractivity contribution < 1.29 is 9.72 Å². The normalized spacial score (nSPS) is 10.8. The van der Waals surface area contributed by atoms with Gasteiger partial charge in [0.05, 0.1) is 28.7 Å². The third-order valence-electron chi connectivity index (χ3n) is 4.15. The maximum atomic E-state index is 12.6. The minimum atomic E-state index is -0.570. The number of carbonyl (C=O) groups is 1. The average molecular weight is 351 g/mol. The first-order chi connectivity index (χ1) is 12.5. The monoisotopic (exact) mass is 351 g/mol. The molecule has 7 heteroatoms. The SMILES string of the molecule is CCCc1ccc(C(=O)Cn2cnc3ccc([N+](=O)[O-])cc3c2=O)cc1. The number of rotatable bonds is 6. The summed E-state index contributed by atoms with van der Waals surface area (Å²) >= 11 is 0. The highest BCUT2D eigenvalue weighted by molar-refractivity contribution is 5.96. The molecule has 0 N–H and O–H groups in total. The Morgan fingerprint density at radius 3 is 2.58 bits per heavy atom. The van der Waals surface area contributed by atoms with E-state index in [9.17, 15) is 19.7 Å². The molecule has 7 nitrogen and oxygen atoms in total. The van der Waals surface area contributed by atoms with Crippen LogP contribution in [0.4, 0.5) is 5.69 Å². The minimum Gasteiger partial charge on any atom is -0.292 e. The van der Waals surface area contributed by atoms with E-state index < -0.39 is 10.5 Å². The van der Waals surface area contributed by atoms with Crippen LogP contribution >= 0.6 is 0 Å². The van der Waals surface area contributed by atoms with Gasteiger partial charge in [0.15, 0.2) is 5.78 Å². The van der Waals surface area contributed by atoms with Gasteiger partial charge in [0.2, 0.25) is 0 Å². The molecular formula is C19H17N3O4. The lowest BCUT2D eigenvalue weighted by molar-refractivity contribution is -0.384. The fourth-order valence-corrected chi connectivity index (χ4v) is 2.77. The topological polar surface area (TPSA) is 95.1 Å². The molecule has 3 aromatic rings. The van der Waals surface area contributed by atoms with Crippen LogP contribution in [-0.4, -0.2) is 20.3 Å². The molecule has 0 atom stereocenters. The summed E-state index contributed by atoms with van der Waals surface area (Å²) in [5.74, 6) is -0.221. The number of Topliss-reactive ketones (excluding diaryl/α,β-unsaturated/α-hetero) is 1. The Hall–Kier alpha value is -3.35. The number of nitro groups is 1. The smallest absolute Gasteiger partial charge is 0.270 e. The van der Waals surface area contributed by atoms with Gasteiger partial charge in [0.1, 0.15) is 0 Å². The van der Waals surface area contributed by atoms with Crippen LogP contribution in [0.2, 0.25) is 0 Å². The number of fused-ring (bicyclic) bond motifs is 1. The first kappa shape index (κ1) is 17.5. The van der Waals surface area contributed by atoms with Gasteiger partial charge in [-0.2, -0.15) is 0 Å². The first-order valence-electron chi connectivity index (χ1n) is 8.25. The molecule has 0 aliphatic rings. The molecule has 26 heavy (non-hydrogen) atoms. The Bertz CT molecular complexity index is 1040. The molecule has 0 aliphatic carbocycles. The predicted octanol–water partition coefficient (Wildman–Crippen LogP) is 3.14. The van der Waals surface area contributed by atoms with Gasteiger partial charge in [0, 0.05) is 17.7 Å². The quantitative estimate of drug-likeness (QED) is 0.386. The molecule has 2 aromatic carbocycles. The molecular weight excluding hydrogens is 334 g/mol. The van der Waals surface area contributed by atoms with Crippen LogP contribution in [0, 0.1) is 10.1 Å². The summed E-state index contributed by atoms with van der Waals surface area (Å²) in [6, 6.07) is 11.2. The molecule has 0 fully saturated rings. The van der Waals surface area contributed by atoms with Crippen molar-refractivity contribution in [3.8, 4) is 0 Å². The molecule has 0 bridgehead atoms. The fraction of sp³-hybridized carbons (Fsp3) is 0.211. The highest BCUT2D eigenvalue weighted by Crippen LogP contribution is 2.16. The average Bonchev–Trinajstić information content (AvgIpc) is 2.64. The molecule has 0 saturated heterocycles. The van der Waals surface area contributed by atoms with Crippen LogP contribution < -0.4 is 5.56 Å². The van der Waals surface area contributed by atoms with Gasteiger partial charge in [-0.05, 0) is 18.1 Å². The number of hydrogen-bond acceptors (Lipinski definition) is 5. The molecule has 3 rings (SSSR count). The van der Waals surface area contributed by atoms with Crippen molar-refractivity contribution in [1.29, 1.82) is 0 Å². The van der Waals surface area contributed by atoms with Gasteiger partial charge in [-0.15, -0.1) is 0 Å². The Kier molecular flexibility index (Phi) is 4.88. The molecule has 0 spiro atoms. The summed E-state index contributed by atoms with van der Waals surface area (Å²) in [5, 5.41) is 11.0. The van der Waals surface area contributed by atoms with Crippen molar-refractivity contribution in [3.63, 3.8) is 0 Å². The van der Waals surface area contributed by atoms with E-state index in [0.29, 0.717) is 11.1 Å². The maximum absolute atomic E-state index is 12.6. The second kappa shape index (κ2) is 7.26. The number of hydrogen-bond donors (Lipinski definition) is 0. The van der Waals surface area contributed by atoms with Crippen LogP contribution in [0.25, 0.3) is 10.9 Å². The van der Waals surface area contributed by atoms with Crippen molar-refractivity contribution in [3.05, 3.63) is 80.4 Å². The van der Waals surface area contributed by atoms with Gasteiger partial charge < -0.3 is 0 Å². The van der Waals surface area contributed by atoms with Gasteiger partial charge >= 0.3 is 0 Å². The molecule has 132 valence electrons. The van der Waals surface area contributed by atoms with Crippen LogP contribution in [0.5, 0.6) is 0 Å². The van der Waals surface area contributed by atoms with Crippen molar-refractivity contribution in [1.82, 2.24) is 9.55 Å². The van der Waals surface area contributed by atoms with E-state index in [-0.39, 0.29) is 23.4 Å². The van der Waals surface area contributed by atoms with Crippen molar-refractivity contribution >= 4 is 22.4 Å². The largest absolute Gasteiger partial charge is 0.292 e. The second-order valence-corrected chi connectivity index (χ2v) is 6.01. The number of benzene rings is 2. The highest BCUT2D eigenvalue weighted by atomic mass is 16.6. The Balaban J connectivity index is 1.90. The number of ketones is 1. The lowest BCUT2D eigenvalue weighted by Crippen LogP contribution is -2.24. The number of non-ortho nitro benzene ring substituents is 1. The molecule has 0 aliphatic heterocycles. The second-order valence-electron chi connectivity index (χ2n) is 6.01. The summed E-state index contributed by atoms with van der Waals surface area (Å²) in [7, 11) is 0. The summed E-state index contributed by atoms with van der Waals surface area (Å²) in [6.45, 7) is 1.92. The van der Waals surface area contributed by atoms with Crippen molar-refractivity contribution in [2.75, 3.05) is 0 Å². The summed E-state index contributed by atoms with van der Waals surface area (Å²) in [6.07, 6.45) is 3.26. The van der Waals surface area contributed by atoms with Gasteiger partial charge in [-0.1, -0.05) is 37.6 Å². The molecule has 1 aromatic heterocycles. The first-order valence-corrected chi connectivity index (χ1v) is 8.25. The number of aromatic nitrogens is 2. The lowest BCUT2D eigenvalue weighted by atomic mass is 10.1. The molecule has 0 saturated carbocycles. The van der Waals surface area contributed by atoms with E-state index in [1.807, 2.05) is 12.1 Å². The van der Waals surface area contributed by atoms with Crippen LogP contribution in [-0.2, 0) is 13.0 Å². The van der Waals surface area contributed by atoms with E-state index in [1.165, 1.54) is 29.1 Å². The van der Waals surface area contributed by atoms with E-state index in [0.717, 1.165) is 18.4 Å². The maximum Gasteiger partial charge on any atom is 0.270 e. The highest BCUT2D eigenvalue weighted by Gasteiger charge is 2.13. The third kappa shape index (κ3) is 3.51. The fourth-order valence-electron chi connectivity index (χ4n) is 2.77. The van der Waals surface area contributed by atoms with Gasteiger partial charge in [0.25, 0.3) is 11.2 Å². The van der Waals surface area contributed by atoms with Crippen LogP contribution in [0.3, 0.4) is 0 Å². The molecule has 1 heterocycles. The van der Waals surface area contributed by atoms with E-state index in [2.05, 4.69) is 11.9 Å². The number of aryl methyl sites for hydroxylation is 1. The molecule has 0 unspecified atom stereocenters. The predicted molar refractivity (Wildman–Crippen MR) is 97.4 cm³/mol. The van der Waals surface area contributed by atoms with Gasteiger partial charge in [-0.3, -0.25) is 24.3 Å². The Morgan fingerprint density at radius 1 is 1.19 bits per heavy atom. The minimum absolute atomic E-state index is 0.118.